The summed E-state index contributed by atoms with van der Waals surface area (Å²) in [6.45, 7) is 7.89. The normalized spacial score (nSPS) is 12.0. The minimum absolute atomic E-state index is 0.0558. The molecule has 214 valence electrons. The van der Waals surface area contributed by atoms with Crippen LogP contribution in [0.4, 0.5) is 5.69 Å². The van der Waals surface area contributed by atoms with Crippen LogP contribution in [0.3, 0.4) is 0 Å². The predicted molar refractivity (Wildman–Crippen MR) is 161 cm³/mol. The van der Waals surface area contributed by atoms with Crippen LogP contribution in [-0.4, -0.2) is 44.3 Å². The third-order valence-corrected chi connectivity index (χ3v) is 8.70. The number of halogens is 1. The van der Waals surface area contributed by atoms with Crippen LogP contribution in [0.15, 0.2) is 77.7 Å². The molecule has 3 aromatic rings. The van der Waals surface area contributed by atoms with Crippen molar-refractivity contribution >= 4 is 39.1 Å². The van der Waals surface area contributed by atoms with Crippen LogP contribution in [0.2, 0.25) is 5.02 Å². The number of hydrogen-bond acceptors (Lipinski definition) is 4. The van der Waals surface area contributed by atoms with E-state index in [4.69, 9.17) is 11.6 Å². The van der Waals surface area contributed by atoms with Gasteiger partial charge in [0.15, 0.2) is 0 Å². The minimum Gasteiger partial charge on any atom is -0.354 e. The molecule has 0 aromatic heterocycles. The lowest BCUT2D eigenvalue weighted by Gasteiger charge is -2.33. The molecule has 0 bridgehead atoms. The molecule has 7 nitrogen and oxygen atoms in total. The van der Waals surface area contributed by atoms with Crippen molar-refractivity contribution in [1.82, 2.24) is 10.2 Å². The van der Waals surface area contributed by atoms with Gasteiger partial charge in [-0.1, -0.05) is 85.5 Å². The molecule has 1 N–H and O–H groups in total. The molecule has 0 aliphatic carbocycles. The maximum absolute atomic E-state index is 14.1. The second-order valence-electron chi connectivity index (χ2n) is 9.88. The number of sulfonamides is 1. The average Bonchev–Trinajstić information content (AvgIpc) is 2.93. The van der Waals surface area contributed by atoms with Crippen LogP contribution in [0.25, 0.3) is 0 Å². The molecule has 3 rings (SSSR count). The first-order chi connectivity index (χ1) is 19.1. The lowest BCUT2D eigenvalue weighted by Crippen LogP contribution is -2.52. The van der Waals surface area contributed by atoms with Crippen LogP contribution in [-0.2, 0) is 26.2 Å². The van der Waals surface area contributed by atoms with Gasteiger partial charge in [-0.2, -0.15) is 0 Å². The highest BCUT2D eigenvalue weighted by Gasteiger charge is 2.33. The monoisotopic (exact) mass is 583 g/mol. The fourth-order valence-corrected chi connectivity index (χ4v) is 5.90. The number of hydrogen-bond donors (Lipinski definition) is 1. The number of nitrogens with zero attached hydrogens (tertiary/aromatic N) is 2. The molecule has 0 fully saturated rings. The molecule has 9 heteroatoms. The Balaban J connectivity index is 2.03. The molecule has 0 aliphatic heterocycles. The van der Waals surface area contributed by atoms with E-state index in [1.54, 1.807) is 30.3 Å². The first-order valence-electron chi connectivity index (χ1n) is 13.5. The zero-order valence-electron chi connectivity index (χ0n) is 23.6. The summed E-state index contributed by atoms with van der Waals surface area (Å²) in [5.74, 6) is -0.749. The lowest BCUT2D eigenvalue weighted by molar-refractivity contribution is -0.140. The highest BCUT2D eigenvalue weighted by Crippen LogP contribution is 2.27. The molecule has 0 saturated carbocycles. The maximum atomic E-state index is 14.1. The zero-order valence-corrected chi connectivity index (χ0v) is 25.1. The van der Waals surface area contributed by atoms with Gasteiger partial charge >= 0.3 is 0 Å². The lowest BCUT2D eigenvalue weighted by atomic mass is 10.1. The highest BCUT2D eigenvalue weighted by atomic mass is 35.5. The molecule has 0 aliphatic rings. The number of unbranched alkanes of at least 4 members (excludes halogenated alkanes) is 1. The van der Waals surface area contributed by atoms with E-state index in [-0.39, 0.29) is 23.0 Å². The van der Waals surface area contributed by atoms with Crippen molar-refractivity contribution in [2.75, 3.05) is 17.4 Å². The number of benzene rings is 3. The fourth-order valence-electron chi connectivity index (χ4n) is 4.31. The Morgan fingerprint density at radius 1 is 0.925 bits per heavy atom. The quantitative estimate of drug-likeness (QED) is 0.255. The van der Waals surface area contributed by atoms with Gasteiger partial charge in [0, 0.05) is 18.1 Å². The van der Waals surface area contributed by atoms with Crippen molar-refractivity contribution in [3.63, 3.8) is 0 Å². The van der Waals surface area contributed by atoms with E-state index in [9.17, 15) is 18.0 Å². The summed E-state index contributed by atoms with van der Waals surface area (Å²) in [7, 11) is -4.14. The van der Waals surface area contributed by atoms with E-state index < -0.39 is 28.5 Å². The van der Waals surface area contributed by atoms with E-state index in [0.717, 1.165) is 33.8 Å². The Bertz CT molecular complexity index is 1390. The van der Waals surface area contributed by atoms with Gasteiger partial charge in [-0.15, -0.1) is 0 Å². The van der Waals surface area contributed by atoms with Gasteiger partial charge in [-0.05, 0) is 62.6 Å². The third-order valence-electron chi connectivity index (χ3n) is 6.67. The van der Waals surface area contributed by atoms with Gasteiger partial charge < -0.3 is 10.2 Å². The van der Waals surface area contributed by atoms with Crippen LogP contribution >= 0.6 is 11.6 Å². The van der Waals surface area contributed by atoms with Crippen molar-refractivity contribution in [3.8, 4) is 0 Å². The smallest absolute Gasteiger partial charge is 0.264 e. The topological polar surface area (TPSA) is 86.8 Å². The van der Waals surface area contributed by atoms with Crippen molar-refractivity contribution in [2.45, 2.75) is 64.4 Å². The number of nitrogens with one attached hydrogen (secondary N) is 1. The van der Waals surface area contributed by atoms with Crippen molar-refractivity contribution in [1.29, 1.82) is 0 Å². The number of rotatable bonds is 13. The van der Waals surface area contributed by atoms with Gasteiger partial charge in [0.1, 0.15) is 12.6 Å². The Labute approximate surface area is 243 Å². The van der Waals surface area contributed by atoms with Crippen LogP contribution in [0.1, 0.15) is 49.8 Å². The van der Waals surface area contributed by atoms with Gasteiger partial charge in [0.25, 0.3) is 10.0 Å². The van der Waals surface area contributed by atoms with Gasteiger partial charge in [-0.25, -0.2) is 8.42 Å². The minimum atomic E-state index is -4.14. The van der Waals surface area contributed by atoms with Crippen LogP contribution in [0, 0.1) is 13.8 Å². The van der Waals surface area contributed by atoms with E-state index in [1.807, 2.05) is 52.0 Å². The fraction of sp³-hybridized carbons (Fsp3) is 0.355. The Morgan fingerprint density at radius 3 is 2.12 bits per heavy atom. The van der Waals surface area contributed by atoms with Crippen molar-refractivity contribution in [3.05, 3.63) is 94.5 Å². The Kier molecular flexibility index (Phi) is 11.2. The van der Waals surface area contributed by atoms with Gasteiger partial charge in [-0.3, -0.25) is 13.9 Å². The van der Waals surface area contributed by atoms with Gasteiger partial charge in [0.2, 0.25) is 11.8 Å². The molecule has 0 unspecified atom stereocenters. The Morgan fingerprint density at radius 2 is 1.55 bits per heavy atom. The van der Waals surface area contributed by atoms with Crippen LogP contribution < -0.4 is 9.62 Å². The molecule has 0 saturated heterocycles. The van der Waals surface area contributed by atoms with Crippen LogP contribution in [0.5, 0.6) is 0 Å². The zero-order chi connectivity index (χ0) is 29.3. The molecular weight excluding hydrogens is 546 g/mol. The van der Waals surface area contributed by atoms with E-state index in [1.165, 1.54) is 23.1 Å². The number of carbonyl (C=O) groups is 2. The second-order valence-corrected chi connectivity index (χ2v) is 12.2. The molecule has 0 spiro atoms. The summed E-state index contributed by atoms with van der Waals surface area (Å²) in [5.41, 5.74) is 3.09. The molecule has 1 atom stereocenters. The predicted octanol–water partition coefficient (Wildman–Crippen LogP) is 5.88. The van der Waals surface area contributed by atoms with Crippen molar-refractivity contribution < 1.29 is 18.0 Å². The molecule has 40 heavy (non-hydrogen) atoms. The Hall–Kier alpha value is -3.36. The number of amides is 2. The first kappa shape index (κ1) is 31.2. The molecule has 0 heterocycles. The number of anilines is 1. The van der Waals surface area contributed by atoms with Gasteiger partial charge in [0.05, 0.1) is 10.6 Å². The standard InChI is InChI=1S/C31H38ClN3O4S/c1-5-7-19-33-31(37)29(6-2)34(21-25-15-11-23(3)12-16-25)30(36)22-35(27-10-8-9-26(32)20-27)40(38,39)28-17-13-24(4)14-18-28/h8-18,20,29H,5-7,19,21-22H2,1-4H3,(H,33,37)/t29-/m1/s1. The van der Waals surface area contributed by atoms with E-state index >= 15 is 0 Å². The molecule has 3 aromatic carbocycles. The molecule has 2 amide bonds. The summed E-state index contributed by atoms with van der Waals surface area (Å²) in [6, 6.07) is 19.8. The van der Waals surface area contributed by atoms with E-state index in [0.29, 0.717) is 18.0 Å². The number of aryl methyl sites for hydroxylation is 2. The maximum Gasteiger partial charge on any atom is 0.264 e. The average molecular weight is 584 g/mol. The summed E-state index contributed by atoms with van der Waals surface area (Å²) < 4.78 is 28.8. The van der Waals surface area contributed by atoms with Crippen molar-refractivity contribution in [2.24, 2.45) is 0 Å². The number of carbonyl (C=O) groups excluding carboxylic acids is 2. The SMILES string of the molecule is CCCCNC(=O)[C@@H](CC)N(Cc1ccc(C)cc1)C(=O)CN(c1cccc(Cl)c1)S(=O)(=O)c1ccc(C)cc1. The molecule has 0 radical (unpaired) electrons. The largest absolute Gasteiger partial charge is 0.354 e. The van der Waals surface area contributed by atoms with E-state index in [2.05, 4.69) is 5.32 Å². The first-order valence-corrected chi connectivity index (χ1v) is 15.4. The summed E-state index contributed by atoms with van der Waals surface area (Å²) in [4.78, 5) is 28.8. The third kappa shape index (κ3) is 8.08. The molecular formula is C31H38ClN3O4S. The summed E-state index contributed by atoms with van der Waals surface area (Å²) in [6.07, 6.45) is 2.12. The highest BCUT2D eigenvalue weighted by molar-refractivity contribution is 7.92. The summed E-state index contributed by atoms with van der Waals surface area (Å²) in [5, 5.41) is 3.28. The summed E-state index contributed by atoms with van der Waals surface area (Å²) >= 11 is 6.23. The second kappa shape index (κ2) is 14.3.